The van der Waals surface area contributed by atoms with Crippen molar-refractivity contribution in [3.8, 4) is 22.9 Å². The summed E-state index contributed by atoms with van der Waals surface area (Å²) >= 11 is 4.97. The Labute approximate surface area is 186 Å². The highest BCUT2D eigenvalue weighted by molar-refractivity contribution is 9.10. The van der Waals surface area contributed by atoms with Gasteiger partial charge in [0.05, 0.1) is 12.0 Å². The van der Waals surface area contributed by atoms with Gasteiger partial charge < -0.3 is 14.5 Å². The number of hydrogen-bond acceptors (Lipinski definition) is 5. The van der Waals surface area contributed by atoms with E-state index < -0.39 is 0 Å². The standard InChI is InChI=1S/C23H21BrN2O3S/c1-4-28-19-11-16(7-10-18(19)29-12-15-5-8-17(24)9-6-15)21-25-22(27)20-13(2)14(3)30-23(20)26-21/h5-11H,4,12H2,1-3H3,(H,25,26,27). The van der Waals surface area contributed by atoms with Crippen LogP contribution >= 0.6 is 27.3 Å². The summed E-state index contributed by atoms with van der Waals surface area (Å²) in [4.78, 5) is 22.1. The smallest absolute Gasteiger partial charge is 0.260 e. The minimum absolute atomic E-state index is 0.120. The lowest BCUT2D eigenvalue weighted by molar-refractivity contribution is 0.269. The lowest BCUT2D eigenvalue weighted by Crippen LogP contribution is -2.09. The van der Waals surface area contributed by atoms with Crippen molar-refractivity contribution >= 4 is 37.5 Å². The van der Waals surface area contributed by atoms with E-state index in [1.165, 1.54) is 11.3 Å². The first-order valence-electron chi connectivity index (χ1n) is 9.60. The molecule has 0 aliphatic carbocycles. The number of ether oxygens (including phenoxy) is 2. The number of hydrogen-bond donors (Lipinski definition) is 1. The average Bonchev–Trinajstić information content (AvgIpc) is 3.02. The Morgan fingerprint density at radius 3 is 2.57 bits per heavy atom. The maximum absolute atomic E-state index is 12.6. The van der Waals surface area contributed by atoms with Gasteiger partial charge in [-0.25, -0.2) is 4.98 Å². The van der Waals surface area contributed by atoms with E-state index in [0.29, 0.717) is 35.9 Å². The first-order valence-corrected chi connectivity index (χ1v) is 11.2. The Hall–Kier alpha value is -2.64. The van der Waals surface area contributed by atoms with Crippen molar-refractivity contribution in [1.82, 2.24) is 9.97 Å². The minimum Gasteiger partial charge on any atom is -0.490 e. The highest BCUT2D eigenvalue weighted by atomic mass is 79.9. The first kappa shape index (κ1) is 20.6. The van der Waals surface area contributed by atoms with E-state index in [4.69, 9.17) is 9.47 Å². The maximum Gasteiger partial charge on any atom is 0.260 e. The number of nitrogens with zero attached hydrogens (tertiary/aromatic N) is 1. The summed E-state index contributed by atoms with van der Waals surface area (Å²) in [7, 11) is 0. The molecule has 0 radical (unpaired) electrons. The molecule has 0 atom stereocenters. The molecular formula is C23H21BrN2O3S. The number of benzene rings is 2. The molecule has 4 rings (SSSR count). The Balaban J connectivity index is 1.66. The topological polar surface area (TPSA) is 64.2 Å². The summed E-state index contributed by atoms with van der Waals surface area (Å²) in [6, 6.07) is 13.6. The van der Waals surface area contributed by atoms with E-state index in [0.717, 1.165) is 30.9 Å². The highest BCUT2D eigenvalue weighted by Crippen LogP contribution is 2.33. The highest BCUT2D eigenvalue weighted by Gasteiger charge is 2.14. The van der Waals surface area contributed by atoms with Crippen LogP contribution in [-0.4, -0.2) is 16.6 Å². The molecule has 4 aromatic rings. The molecule has 0 unspecified atom stereocenters. The van der Waals surface area contributed by atoms with Crippen molar-refractivity contribution in [3.05, 3.63) is 73.3 Å². The maximum atomic E-state index is 12.6. The third kappa shape index (κ3) is 4.13. The van der Waals surface area contributed by atoms with Gasteiger partial charge in [0, 0.05) is 14.9 Å². The number of rotatable bonds is 6. The second-order valence-corrected chi connectivity index (χ2v) is 9.01. The van der Waals surface area contributed by atoms with E-state index >= 15 is 0 Å². The molecule has 0 fully saturated rings. The number of H-pyrrole nitrogens is 1. The van der Waals surface area contributed by atoms with E-state index in [1.54, 1.807) is 0 Å². The SMILES string of the molecule is CCOc1cc(-c2nc3sc(C)c(C)c3c(=O)[nH]2)ccc1OCc1ccc(Br)cc1. The fraction of sp³-hybridized carbons (Fsp3) is 0.217. The molecule has 0 aliphatic rings. The first-order chi connectivity index (χ1) is 14.5. The van der Waals surface area contributed by atoms with Gasteiger partial charge in [0.2, 0.25) is 0 Å². The molecule has 1 N–H and O–H groups in total. The Morgan fingerprint density at radius 1 is 1.07 bits per heavy atom. The molecule has 2 aromatic heterocycles. The zero-order valence-electron chi connectivity index (χ0n) is 16.9. The summed E-state index contributed by atoms with van der Waals surface area (Å²) in [6.07, 6.45) is 0. The minimum atomic E-state index is -0.120. The van der Waals surface area contributed by atoms with Crippen molar-refractivity contribution < 1.29 is 9.47 Å². The van der Waals surface area contributed by atoms with Crippen LogP contribution < -0.4 is 15.0 Å². The van der Waals surface area contributed by atoms with Gasteiger partial charge in [-0.3, -0.25) is 4.79 Å². The van der Waals surface area contributed by atoms with E-state index in [-0.39, 0.29) is 5.56 Å². The Morgan fingerprint density at radius 2 is 1.83 bits per heavy atom. The molecule has 0 spiro atoms. The number of fused-ring (bicyclic) bond motifs is 1. The largest absolute Gasteiger partial charge is 0.490 e. The molecule has 0 amide bonds. The summed E-state index contributed by atoms with van der Waals surface area (Å²) in [5.74, 6) is 1.79. The normalized spacial score (nSPS) is 11.1. The molecule has 5 nitrogen and oxygen atoms in total. The Kier molecular flexibility index (Phi) is 5.92. The molecule has 30 heavy (non-hydrogen) atoms. The van der Waals surface area contributed by atoms with Crippen LogP contribution in [-0.2, 0) is 6.61 Å². The number of aromatic amines is 1. The predicted molar refractivity (Wildman–Crippen MR) is 125 cm³/mol. The monoisotopic (exact) mass is 484 g/mol. The lowest BCUT2D eigenvalue weighted by Gasteiger charge is -2.13. The van der Waals surface area contributed by atoms with Gasteiger partial charge in [-0.15, -0.1) is 11.3 Å². The van der Waals surface area contributed by atoms with E-state index in [2.05, 4.69) is 25.9 Å². The van der Waals surface area contributed by atoms with Crippen LogP contribution in [0.4, 0.5) is 0 Å². The molecular weight excluding hydrogens is 464 g/mol. The molecule has 0 bridgehead atoms. The van der Waals surface area contributed by atoms with Gasteiger partial charge in [-0.1, -0.05) is 28.1 Å². The zero-order valence-corrected chi connectivity index (χ0v) is 19.3. The molecule has 2 heterocycles. The van der Waals surface area contributed by atoms with Crippen LogP contribution in [0.5, 0.6) is 11.5 Å². The molecule has 0 aliphatic heterocycles. The van der Waals surface area contributed by atoms with Crippen molar-refractivity contribution in [2.75, 3.05) is 6.61 Å². The van der Waals surface area contributed by atoms with Crippen LogP contribution in [0.2, 0.25) is 0 Å². The third-order valence-corrected chi connectivity index (χ3v) is 6.49. The lowest BCUT2D eigenvalue weighted by atomic mass is 10.1. The Bertz CT molecular complexity index is 1260. The van der Waals surface area contributed by atoms with Crippen molar-refractivity contribution in [1.29, 1.82) is 0 Å². The van der Waals surface area contributed by atoms with Gasteiger partial charge in [0.15, 0.2) is 11.5 Å². The van der Waals surface area contributed by atoms with Crippen LogP contribution in [0.1, 0.15) is 22.9 Å². The van der Waals surface area contributed by atoms with Crippen molar-refractivity contribution in [2.24, 2.45) is 0 Å². The predicted octanol–water partition coefficient (Wildman–Crippen LogP) is 6.01. The fourth-order valence-corrected chi connectivity index (χ4v) is 4.47. The molecule has 2 aromatic carbocycles. The second kappa shape index (κ2) is 8.62. The summed E-state index contributed by atoms with van der Waals surface area (Å²) in [5, 5.41) is 0.667. The second-order valence-electron chi connectivity index (χ2n) is 6.89. The fourth-order valence-electron chi connectivity index (χ4n) is 3.18. The number of nitrogens with one attached hydrogen (secondary N) is 1. The third-order valence-electron chi connectivity index (χ3n) is 4.86. The van der Waals surface area contributed by atoms with Crippen molar-refractivity contribution in [3.63, 3.8) is 0 Å². The number of aryl methyl sites for hydroxylation is 2. The summed E-state index contributed by atoms with van der Waals surface area (Å²) < 4.78 is 12.8. The van der Waals surface area contributed by atoms with Gasteiger partial charge in [-0.05, 0) is 62.2 Å². The summed E-state index contributed by atoms with van der Waals surface area (Å²) in [5.41, 5.74) is 2.70. The van der Waals surface area contributed by atoms with Gasteiger partial charge in [0.1, 0.15) is 17.3 Å². The van der Waals surface area contributed by atoms with Gasteiger partial charge in [0.25, 0.3) is 5.56 Å². The molecule has 0 saturated heterocycles. The number of halogens is 1. The van der Waals surface area contributed by atoms with E-state index in [9.17, 15) is 4.79 Å². The zero-order chi connectivity index (χ0) is 21.3. The number of thiophene rings is 1. The van der Waals surface area contributed by atoms with Gasteiger partial charge in [-0.2, -0.15) is 0 Å². The van der Waals surface area contributed by atoms with Crippen LogP contribution in [0.25, 0.3) is 21.6 Å². The number of aromatic nitrogens is 2. The summed E-state index contributed by atoms with van der Waals surface area (Å²) in [6.45, 7) is 6.82. The van der Waals surface area contributed by atoms with Crippen LogP contribution in [0.3, 0.4) is 0 Å². The van der Waals surface area contributed by atoms with Crippen LogP contribution in [0.15, 0.2) is 51.7 Å². The molecule has 154 valence electrons. The molecule has 0 saturated carbocycles. The van der Waals surface area contributed by atoms with Crippen LogP contribution in [0, 0.1) is 13.8 Å². The molecule has 7 heteroatoms. The van der Waals surface area contributed by atoms with Gasteiger partial charge >= 0.3 is 0 Å². The quantitative estimate of drug-likeness (QED) is 0.364. The van der Waals surface area contributed by atoms with E-state index in [1.807, 2.05) is 63.2 Å². The van der Waals surface area contributed by atoms with Crippen molar-refractivity contribution in [2.45, 2.75) is 27.4 Å². The average molecular weight is 485 g/mol.